The highest BCUT2D eigenvalue weighted by molar-refractivity contribution is 7.92. The van der Waals surface area contributed by atoms with E-state index in [-0.39, 0.29) is 16.6 Å². The van der Waals surface area contributed by atoms with Crippen LogP contribution in [0.5, 0.6) is 5.75 Å². The number of amides is 1. The van der Waals surface area contributed by atoms with Gasteiger partial charge in [0.25, 0.3) is 5.91 Å². The van der Waals surface area contributed by atoms with Gasteiger partial charge in [-0.05, 0) is 24.3 Å². The molecule has 146 valence electrons. The van der Waals surface area contributed by atoms with Gasteiger partial charge in [0, 0.05) is 21.7 Å². The Hall–Kier alpha value is -2.69. The van der Waals surface area contributed by atoms with Gasteiger partial charge in [-0.15, -0.1) is 11.3 Å². The minimum atomic E-state index is -3.47. The average molecular weight is 439 g/mol. The number of carbonyl (C=O) groups excluding carboxylic acids is 1. The minimum absolute atomic E-state index is 0.254. The zero-order chi connectivity index (χ0) is 20.3. The highest BCUT2D eigenvalue weighted by Crippen LogP contribution is 2.27. The van der Waals surface area contributed by atoms with Crippen LogP contribution in [0.15, 0.2) is 42.0 Å². The van der Waals surface area contributed by atoms with Gasteiger partial charge in [-0.25, -0.2) is 18.4 Å². The number of nitrogens with one attached hydrogen (secondary N) is 2. The average Bonchev–Trinajstić information content (AvgIpc) is 3.10. The molecule has 0 radical (unpaired) electrons. The summed E-state index contributed by atoms with van der Waals surface area (Å²) >= 11 is 7.24. The van der Waals surface area contributed by atoms with Crippen molar-refractivity contribution in [2.45, 2.75) is 0 Å². The van der Waals surface area contributed by atoms with Crippen LogP contribution in [0.3, 0.4) is 0 Å². The molecule has 2 aromatic heterocycles. The smallest absolute Gasteiger partial charge is 0.265 e. The zero-order valence-corrected chi connectivity index (χ0v) is 17.2. The Labute approximate surface area is 170 Å². The first kappa shape index (κ1) is 20.1. The summed E-state index contributed by atoms with van der Waals surface area (Å²) in [5, 5.41) is 4.75. The second-order valence-electron chi connectivity index (χ2n) is 5.70. The number of methoxy groups -OCH3 is 1. The summed E-state index contributed by atoms with van der Waals surface area (Å²) in [7, 11) is -1.94. The van der Waals surface area contributed by atoms with Gasteiger partial charge >= 0.3 is 0 Å². The molecular weight excluding hydrogens is 424 g/mol. The molecule has 0 unspecified atom stereocenters. The number of hydrogen-bond acceptors (Lipinski definition) is 7. The Morgan fingerprint density at radius 1 is 1.14 bits per heavy atom. The van der Waals surface area contributed by atoms with Crippen molar-refractivity contribution < 1.29 is 17.9 Å². The quantitative estimate of drug-likeness (QED) is 0.609. The first-order chi connectivity index (χ1) is 13.2. The van der Waals surface area contributed by atoms with Crippen molar-refractivity contribution in [1.29, 1.82) is 0 Å². The number of aromatic nitrogens is 2. The van der Waals surface area contributed by atoms with Gasteiger partial charge in [0.15, 0.2) is 11.6 Å². The third kappa shape index (κ3) is 5.18. The zero-order valence-electron chi connectivity index (χ0n) is 14.8. The maximum Gasteiger partial charge on any atom is 0.265 e. The molecule has 0 aliphatic heterocycles. The molecule has 0 saturated carbocycles. The Morgan fingerprint density at radius 3 is 2.46 bits per heavy atom. The summed E-state index contributed by atoms with van der Waals surface area (Å²) in [5.74, 6) is 0.646. The molecule has 1 aromatic carbocycles. The maximum absolute atomic E-state index is 12.5. The van der Waals surface area contributed by atoms with Crippen LogP contribution in [-0.2, 0) is 10.0 Å². The molecule has 2 N–H and O–H groups in total. The van der Waals surface area contributed by atoms with Crippen LogP contribution in [0.1, 0.15) is 9.67 Å². The number of rotatable bonds is 6. The molecule has 2 heterocycles. The lowest BCUT2D eigenvalue weighted by Gasteiger charge is -2.09. The topological polar surface area (TPSA) is 110 Å². The van der Waals surface area contributed by atoms with Crippen molar-refractivity contribution in [3.05, 3.63) is 51.9 Å². The molecule has 11 heteroatoms. The van der Waals surface area contributed by atoms with E-state index in [1.807, 2.05) is 0 Å². The predicted octanol–water partition coefficient (Wildman–Crippen LogP) is 3.49. The summed E-state index contributed by atoms with van der Waals surface area (Å²) in [6, 6.07) is 6.12. The van der Waals surface area contributed by atoms with E-state index in [9.17, 15) is 13.2 Å². The van der Waals surface area contributed by atoms with Crippen molar-refractivity contribution in [3.8, 4) is 17.1 Å². The normalized spacial score (nSPS) is 11.1. The van der Waals surface area contributed by atoms with Crippen LogP contribution in [0, 0.1) is 0 Å². The highest BCUT2D eigenvalue weighted by atomic mass is 35.5. The van der Waals surface area contributed by atoms with E-state index in [1.165, 1.54) is 36.6 Å². The number of halogens is 1. The van der Waals surface area contributed by atoms with Crippen molar-refractivity contribution in [3.63, 3.8) is 0 Å². The van der Waals surface area contributed by atoms with Crippen LogP contribution in [0.4, 0.5) is 11.4 Å². The molecular formula is C17H15ClN4O4S2. The largest absolute Gasteiger partial charge is 0.494 e. The number of anilines is 2. The first-order valence-corrected chi connectivity index (χ1v) is 10.9. The second kappa shape index (κ2) is 8.13. The number of benzene rings is 1. The fourth-order valence-electron chi connectivity index (χ4n) is 2.27. The van der Waals surface area contributed by atoms with Gasteiger partial charge < -0.3 is 10.1 Å². The number of sulfonamides is 1. The Kier molecular flexibility index (Phi) is 5.82. The monoisotopic (exact) mass is 438 g/mol. The summed E-state index contributed by atoms with van der Waals surface area (Å²) in [5.41, 5.74) is 1.31. The Bertz CT molecular complexity index is 1110. The van der Waals surface area contributed by atoms with Crippen LogP contribution in [-0.4, -0.2) is 37.7 Å². The predicted molar refractivity (Wildman–Crippen MR) is 110 cm³/mol. The molecule has 0 aliphatic rings. The van der Waals surface area contributed by atoms with Gasteiger partial charge in [0.1, 0.15) is 0 Å². The molecule has 0 saturated heterocycles. The highest BCUT2D eigenvalue weighted by Gasteiger charge is 2.13. The lowest BCUT2D eigenvalue weighted by molar-refractivity contribution is 0.103. The van der Waals surface area contributed by atoms with Gasteiger partial charge in [-0.3, -0.25) is 9.52 Å². The maximum atomic E-state index is 12.5. The van der Waals surface area contributed by atoms with E-state index in [2.05, 4.69) is 20.0 Å². The lowest BCUT2D eigenvalue weighted by Crippen LogP contribution is -2.12. The second-order valence-corrected chi connectivity index (χ2v) is 8.80. The van der Waals surface area contributed by atoms with Crippen molar-refractivity contribution >= 4 is 50.2 Å². The molecule has 1 amide bonds. The molecule has 0 bridgehead atoms. The molecule has 8 nitrogen and oxygen atoms in total. The molecule has 28 heavy (non-hydrogen) atoms. The van der Waals surface area contributed by atoms with Crippen molar-refractivity contribution in [2.75, 3.05) is 23.4 Å². The van der Waals surface area contributed by atoms with Gasteiger partial charge in [0.05, 0.1) is 36.3 Å². The minimum Gasteiger partial charge on any atom is -0.494 e. The fraction of sp³-hybridized carbons (Fsp3) is 0.118. The summed E-state index contributed by atoms with van der Waals surface area (Å²) in [4.78, 5) is 21.3. The Morgan fingerprint density at radius 2 is 1.82 bits per heavy atom. The number of ether oxygens (including phenoxy) is 1. The Balaban J connectivity index is 1.77. The van der Waals surface area contributed by atoms with Crippen LogP contribution >= 0.6 is 22.9 Å². The van der Waals surface area contributed by atoms with E-state index in [1.54, 1.807) is 23.8 Å². The number of nitrogens with zero attached hydrogens (tertiary/aromatic N) is 2. The van der Waals surface area contributed by atoms with Gasteiger partial charge in [-0.2, -0.15) is 0 Å². The number of thiophene rings is 1. The first-order valence-electron chi connectivity index (χ1n) is 7.78. The van der Waals surface area contributed by atoms with Crippen molar-refractivity contribution in [1.82, 2.24) is 9.97 Å². The van der Waals surface area contributed by atoms with E-state index in [4.69, 9.17) is 16.3 Å². The third-order valence-corrected chi connectivity index (χ3v) is 5.16. The van der Waals surface area contributed by atoms with E-state index >= 15 is 0 Å². The number of hydrogen-bond donors (Lipinski definition) is 2. The molecule has 0 aliphatic carbocycles. The van der Waals surface area contributed by atoms with E-state index in [0.717, 1.165) is 6.26 Å². The van der Waals surface area contributed by atoms with E-state index in [0.29, 0.717) is 27.7 Å². The van der Waals surface area contributed by atoms with Gasteiger partial charge in [-0.1, -0.05) is 11.6 Å². The van der Waals surface area contributed by atoms with Crippen LogP contribution in [0.2, 0.25) is 5.02 Å². The number of carbonyl (C=O) groups is 1. The summed E-state index contributed by atoms with van der Waals surface area (Å²) < 4.78 is 30.1. The molecule has 3 aromatic rings. The third-order valence-electron chi connectivity index (χ3n) is 3.40. The molecule has 0 spiro atoms. The lowest BCUT2D eigenvalue weighted by atomic mass is 10.2. The summed E-state index contributed by atoms with van der Waals surface area (Å²) in [6.45, 7) is 0. The molecule has 0 fully saturated rings. The standard InChI is InChI=1S/C17H15ClN4O4S2/c1-26-14-7-19-16(20-8-14)10-3-15(27-9-10)17(23)21-12-4-11(18)5-13(6-12)22-28(2,24)25/h3-9,22H,1-2H3,(H,21,23). The van der Waals surface area contributed by atoms with Crippen molar-refractivity contribution in [2.24, 2.45) is 0 Å². The fourth-order valence-corrected chi connectivity index (χ4v) is 3.83. The van der Waals surface area contributed by atoms with Crippen LogP contribution < -0.4 is 14.8 Å². The molecule has 0 atom stereocenters. The SMILES string of the molecule is COc1cnc(-c2csc(C(=O)Nc3cc(Cl)cc(NS(C)(=O)=O)c3)c2)nc1. The van der Waals surface area contributed by atoms with E-state index < -0.39 is 10.0 Å². The van der Waals surface area contributed by atoms with Gasteiger partial charge in [0.2, 0.25) is 10.0 Å². The van der Waals surface area contributed by atoms with Crippen LogP contribution in [0.25, 0.3) is 11.4 Å². The molecule has 3 rings (SSSR count). The summed E-state index contributed by atoms with van der Waals surface area (Å²) in [6.07, 6.45) is 4.12.